The van der Waals surface area contributed by atoms with Gasteiger partial charge in [0.25, 0.3) is 5.91 Å². The van der Waals surface area contributed by atoms with Crippen molar-refractivity contribution in [3.63, 3.8) is 0 Å². The van der Waals surface area contributed by atoms with Crippen LogP contribution in [-0.4, -0.2) is 42.8 Å². The standard InChI is InChI=1S/C15H21NO5/c1-4-21-12-7-5-6-11(8-12)14(19)16-15(2,10-20-3)9-13(17)18/h5-8H,4,9-10H2,1-3H3,(H,16,19)(H,17,18). The smallest absolute Gasteiger partial charge is 0.305 e. The van der Waals surface area contributed by atoms with Crippen LogP contribution in [0.1, 0.15) is 30.6 Å². The van der Waals surface area contributed by atoms with Crippen LogP contribution in [0.5, 0.6) is 5.75 Å². The number of ether oxygens (including phenoxy) is 2. The molecule has 6 nitrogen and oxygen atoms in total. The minimum Gasteiger partial charge on any atom is -0.494 e. The summed E-state index contributed by atoms with van der Waals surface area (Å²) in [6.07, 6.45) is -0.224. The molecule has 0 radical (unpaired) electrons. The van der Waals surface area contributed by atoms with Gasteiger partial charge in [-0.2, -0.15) is 0 Å². The van der Waals surface area contributed by atoms with E-state index in [4.69, 9.17) is 14.6 Å². The van der Waals surface area contributed by atoms with Crippen LogP contribution < -0.4 is 10.1 Å². The summed E-state index contributed by atoms with van der Waals surface area (Å²) in [7, 11) is 1.46. The number of methoxy groups -OCH3 is 1. The third-order valence-corrected chi connectivity index (χ3v) is 2.83. The number of hydrogen-bond donors (Lipinski definition) is 2. The number of aliphatic carboxylic acids is 1. The molecule has 2 N–H and O–H groups in total. The summed E-state index contributed by atoms with van der Waals surface area (Å²) in [5.74, 6) is -0.771. The number of carbonyl (C=O) groups is 2. The van der Waals surface area contributed by atoms with Crippen molar-refractivity contribution in [2.24, 2.45) is 0 Å². The highest BCUT2D eigenvalue weighted by atomic mass is 16.5. The van der Waals surface area contributed by atoms with Crippen molar-refractivity contribution >= 4 is 11.9 Å². The number of carboxylic acids is 1. The first-order valence-corrected chi connectivity index (χ1v) is 6.66. The average Bonchev–Trinajstić information content (AvgIpc) is 2.38. The summed E-state index contributed by atoms with van der Waals surface area (Å²) in [6, 6.07) is 6.73. The van der Waals surface area contributed by atoms with E-state index in [-0.39, 0.29) is 18.9 Å². The molecule has 0 fully saturated rings. The van der Waals surface area contributed by atoms with Gasteiger partial charge in [0, 0.05) is 12.7 Å². The summed E-state index contributed by atoms with van der Waals surface area (Å²) in [6.45, 7) is 4.10. The van der Waals surface area contributed by atoms with E-state index in [1.807, 2.05) is 6.92 Å². The molecule has 0 heterocycles. The van der Waals surface area contributed by atoms with Crippen LogP contribution in [0, 0.1) is 0 Å². The number of carboxylic acid groups (broad SMARTS) is 1. The maximum absolute atomic E-state index is 12.3. The summed E-state index contributed by atoms with van der Waals surface area (Å²) in [4.78, 5) is 23.2. The molecule has 0 spiro atoms. The van der Waals surface area contributed by atoms with Crippen molar-refractivity contribution in [1.29, 1.82) is 0 Å². The molecule has 0 saturated heterocycles. The molecular formula is C15H21NO5. The van der Waals surface area contributed by atoms with Crippen LogP contribution >= 0.6 is 0 Å². The Bertz CT molecular complexity index is 503. The summed E-state index contributed by atoms with van der Waals surface area (Å²) in [5.41, 5.74) is -0.562. The molecule has 0 aliphatic heterocycles. The van der Waals surface area contributed by atoms with Crippen molar-refractivity contribution in [3.8, 4) is 5.75 Å². The molecule has 116 valence electrons. The molecule has 0 aliphatic rings. The van der Waals surface area contributed by atoms with Crippen molar-refractivity contribution < 1.29 is 24.2 Å². The van der Waals surface area contributed by atoms with Gasteiger partial charge in [0.2, 0.25) is 0 Å². The van der Waals surface area contributed by atoms with E-state index >= 15 is 0 Å². The molecule has 1 rings (SSSR count). The maximum Gasteiger partial charge on any atom is 0.305 e. The van der Waals surface area contributed by atoms with Crippen LogP contribution in [0.2, 0.25) is 0 Å². The Labute approximate surface area is 124 Å². The molecule has 0 bridgehead atoms. The van der Waals surface area contributed by atoms with Gasteiger partial charge >= 0.3 is 5.97 Å². The zero-order chi connectivity index (χ0) is 15.9. The Kier molecular flexibility index (Phi) is 6.17. The number of carbonyl (C=O) groups excluding carboxylic acids is 1. The van der Waals surface area contributed by atoms with Crippen LogP contribution in [-0.2, 0) is 9.53 Å². The van der Waals surface area contributed by atoms with Crippen molar-refractivity contribution in [1.82, 2.24) is 5.32 Å². The van der Waals surface area contributed by atoms with E-state index in [9.17, 15) is 9.59 Å². The van der Waals surface area contributed by atoms with E-state index in [0.717, 1.165) is 0 Å². The number of nitrogens with one attached hydrogen (secondary N) is 1. The van der Waals surface area contributed by atoms with Gasteiger partial charge in [-0.15, -0.1) is 0 Å². The third kappa shape index (κ3) is 5.43. The fourth-order valence-electron chi connectivity index (χ4n) is 2.02. The van der Waals surface area contributed by atoms with Crippen molar-refractivity contribution in [3.05, 3.63) is 29.8 Å². The van der Waals surface area contributed by atoms with Crippen molar-refractivity contribution in [2.45, 2.75) is 25.8 Å². The number of hydrogen-bond acceptors (Lipinski definition) is 4. The first-order valence-electron chi connectivity index (χ1n) is 6.66. The van der Waals surface area contributed by atoms with E-state index in [1.54, 1.807) is 31.2 Å². The largest absolute Gasteiger partial charge is 0.494 e. The molecular weight excluding hydrogens is 274 g/mol. The molecule has 1 aromatic rings. The van der Waals surface area contributed by atoms with Crippen LogP contribution in [0.4, 0.5) is 0 Å². The van der Waals surface area contributed by atoms with E-state index in [1.165, 1.54) is 7.11 Å². The average molecular weight is 295 g/mol. The second kappa shape index (κ2) is 7.64. The first-order chi connectivity index (χ1) is 9.90. The minimum absolute atomic E-state index is 0.107. The monoisotopic (exact) mass is 295 g/mol. The fraction of sp³-hybridized carbons (Fsp3) is 0.467. The van der Waals surface area contributed by atoms with Gasteiger partial charge in [-0.25, -0.2) is 0 Å². The molecule has 1 amide bonds. The molecule has 1 unspecified atom stereocenters. The van der Waals surface area contributed by atoms with E-state index in [0.29, 0.717) is 17.9 Å². The normalized spacial score (nSPS) is 13.3. The molecule has 0 aliphatic carbocycles. The summed E-state index contributed by atoms with van der Waals surface area (Å²) in [5, 5.41) is 11.7. The fourth-order valence-corrected chi connectivity index (χ4v) is 2.02. The molecule has 6 heteroatoms. The Morgan fingerprint density at radius 2 is 2.10 bits per heavy atom. The molecule has 0 aromatic heterocycles. The Morgan fingerprint density at radius 1 is 1.38 bits per heavy atom. The highest BCUT2D eigenvalue weighted by Gasteiger charge is 2.30. The van der Waals surface area contributed by atoms with Gasteiger partial charge in [-0.3, -0.25) is 9.59 Å². The molecule has 0 saturated carbocycles. The van der Waals surface area contributed by atoms with Crippen molar-refractivity contribution in [2.75, 3.05) is 20.3 Å². The Morgan fingerprint density at radius 3 is 2.67 bits per heavy atom. The van der Waals surface area contributed by atoms with Gasteiger partial charge in [-0.05, 0) is 32.0 Å². The minimum atomic E-state index is -1.00. The lowest BCUT2D eigenvalue weighted by Crippen LogP contribution is -2.50. The number of rotatable bonds is 8. The second-order valence-electron chi connectivity index (χ2n) is 4.98. The lowest BCUT2D eigenvalue weighted by Gasteiger charge is -2.28. The maximum atomic E-state index is 12.3. The zero-order valence-electron chi connectivity index (χ0n) is 12.5. The Balaban J connectivity index is 2.86. The quantitative estimate of drug-likeness (QED) is 0.762. The first kappa shape index (κ1) is 17.0. The van der Waals surface area contributed by atoms with Crippen LogP contribution in [0.25, 0.3) is 0 Å². The topological polar surface area (TPSA) is 84.9 Å². The van der Waals surface area contributed by atoms with Gasteiger partial charge in [-0.1, -0.05) is 6.07 Å². The van der Waals surface area contributed by atoms with Gasteiger partial charge in [0.05, 0.1) is 25.2 Å². The predicted octanol–water partition coefficient (Wildman–Crippen LogP) is 1.69. The summed E-state index contributed by atoms with van der Waals surface area (Å²) >= 11 is 0. The van der Waals surface area contributed by atoms with Crippen LogP contribution in [0.15, 0.2) is 24.3 Å². The molecule has 21 heavy (non-hydrogen) atoms. The van der Waals surface area contributed by atoms with Gasteiger partial charge < -0.3 is 19.9 Å². The molecule has 1 atom stereocenters. The third-order valence-electron chi connectivity index (χ3n) is 2.83. The second-order valence-corrected chi connectivity index (χ2v) is 4.98. The number of amides is 1. The van der Waals surface area contributed by atoms with E-state index < -0.39 is 11.5 Å². The molecule has 1 aromatic carbocycles. The highest BCUT2D eigenvalue weighted by Crippen LogP contribution is 2.16. The summed E-state index contributed by atoms with van der Waals surface area (Å²) < 4.78 is 10.3. The zero-order valence-corrected chi connectivity index (χ0v) is 12.5. The van der Waals surface area contributed by atoms with E-state index in [2.05, 4.69) is 5.32 Å². The SMILES string of the molecule is CCOc1cccc(C(=O)NC(C)(COC)CC(=O)O)c1. The Hall–Kier alpha value is -2.08. The van der Waals surface area contributed by atoms with Gasteiger partial charge in [0.15, 0.2) is 0 Å². The lowest BCUT2D eigenvalue weighted by atomic mass is 9.98. The predicted molar refractivity (Wildman–Crippen MR) is 77.6 cm³/mol. The number of benzene rings is 1. The highest BCUT2D eigenvalue weighted by molar-refractivity contribution is 5.95. The van der Waals surface area contributed by atoms with Crippen LogP contribution in [0.3, 0.4) is 0 Å². The van der Waals surface area contributed by atoms with Gasteiger partial charge in [0.1, 0.15) is 5.75 Å². The lowest BCUT2D eigenvalue weighted by molar-refractivity contribution is -0.139.